The number of alkyl halides is 1. The molecular formula is C10H7Br2ClOS. The molecule has 0 saturated carbocycles. The van der Waals surface area contributed by atoms with Gasteiger partial charge in [0.05, 0.1) is 11.6 Å². The van der Waals surface area contributed by atoms with E-state index in [1.165, 1.54) is 4.88 Å². The molecule has 0 aliphatic heterocycles. The molecule has 0 radical (unpaired) electrons. The molecule has 0 bridgehead atoms. The van der Waals surface area contributed by atoms with Crippen LogP contribution in [-0.2, 0) is 0 Å². The molecule has 2 rings (SSSR count). The van der Waals surface area contributed by atoms with E-state index in [4.69, 9.17) is 16.0 Å². The van der Waals surface area contributed by atoms with Crippen molar-refractivity contribution in [3.63, 3.8) is 0 Å². The summed E-state index contributed by atoms with van der Waals surface area (Å²) in [5.41, 5.74) is 0.970. The molecule has 0 spiro atoms. The summed E-state index contributed by atoms with van der Waals surface area (Å²) in [7, 11) is 0. The van der Waals surface area contributed by atoms with Crippen molar-refractivity contribution < 1.29 is 4.42 Å². The molecule has 80 valence electrons. The van der Waals surface area contributed by atoms with Crippen molar-refractivity contribution in [3.8, 4) is 0 Å². The molecular weight excluding hydrogens is 363 g/mol. The van der Waals surface area contributed by atoms with Crippen molar-refractivity contribution in [1.29, 1.82) is 0 Å². The van der Waals surface area contributed by atoms with Gasteiger partial charge in [-0.15, -0.1) is 22.9 Å². The highest BCUT2D eigenvalue weighted by Gasteiger charge is 2.16. The summed E-state index contributed by atoms with van der Waals surface area (Å²) in [6.45, 7) is 2.06. The van der Waals surface area contributed by atoms with Crippen molar-refractivity contribution in [1.82, 2.24) is 0 Å². The number of hydrogen-bond acceptors (Lipinski definition) is 2. The summed E-state index contributed by atoms with van der Waals surface area (Å²) in [6, 6.07) is 3.94. The Morgan fingerprint density at radius 1 is 1.40 bits per heavy atom. The van der Waals surface area contributed by atoms with Gasteiger partial charge in [0.2, 0.25) is 0 Å². The first-order valence-corrected chi connectivity index (χ1v) is 7.05. The average molecular weight is 370 g/mol. The highest BCUT2D eigenvalue weighted by atomic mass is 79.9. The summed E-state index contributed by atoms with van der Waals surface area (Å²) in [5, 5.41) is -0.143. The van der Waals surface area contributed by atoms with Crippen LogP contribution in [0.1, 0.15) is 20.7 Å². The number of aryl methyl sites for hydroxylation is 1. The minimum absolute atomic E-state index is 0.143. The largest absolute Gasteiger partial charge is 0.457 e. The monoisotopic (exact) mass is 368 g/mol. The predicted octanol–water partition coefficient (Wildman–Crippen LogP) is 5.50. The Kier molecular flexibility index (Phi) is 3.60. The van der Waals surface area contributed by atoms with E-state index >= 15 is 0 Å². The predicted molar refractivity (Wildman–Crippen MR) is 70.9 cm³/mol. The Labute approximate surface area is 114 Å². The number of hydrogen-bond donors (Lipinski definition) is 0. The van der Waals surface area contributed by atoms with E-state index in [0.717, 1.165) is 14.9 Å². The van der Waals surface area contributed by atoms with Crippen LogP contribution in [0.25, 0.3) is 0 Å². The minimum Gasteiger partial charge on any atom is -0.457 e. The van der Waals surface area contributed by atoms with Crippen LogP contribution in [-0.4, -0.2) is 0 Å². The van der Waals surface area contributed by atoms with Crippen molar-refractivity contribution in [2.45, 2.75) is 12.3 Å². The fourth-order valence-electron chi connectivity index (χ4n) is 1.23. The van der Waals surface area contributed by atoms with E-state index in [2.05, 4.69) is 44.8 Å². The van der Waals surface area contributed by atoms with E-state index < -0.39 is 0 Å². The molecule has 15 heavy (non-hydrogen) atoms. The maximum Gasteiger partial charge on any atom is 0.169 e. The van der Waals surface area contributed by atoms with E-state index in [1.807, 2.05) is 6.07 Å². The summed E-state index contributed by atoms with van der Waals surface area (Å²) in [5.74, 6) is 0. The van der Waals surface area contributed by atoms with Gasteiger partial charge in [0.15, 0.2) is 4.67 Å². The molecule has 2 heterocycles. The zero-order valence-corrected chi connectivity index (χ0v) is 12.5. The summed E-state index contributed by atoms with van der Waals surface area (Å²) < 4.78 is 6.98. The smallest absolute Gasteiger partial charge is 0.169 e. The second-order valence-corrected chi connectivity index (χ2v) is 6.46. The van der Waals surface area contributed by atoms with Gasteiger partial charge in [-0.25, -0.2) is 0 Å². The van der Waals surface area contributed by atoms with Gasteiger partial charge in [-0.05, 0) is 50.9 Å². The Morgan fingerprint density at radius 3 is 2.60 bits per heavy atom. The van der Waals surface area contributed by atoms with Gasteiger partial charge < -0.3 is 4.42 Å². The summed E-state index contributed by atoms with van der Waals surface area (Å²) in [6.07, 6.45) is 1.67. The standard InChI is InChI=1S/C10H7Br2ClOS/c1-5-7(11)3-8(15-5)10(13)6-2-9(12)14-4-6/h2-4,10H,1H3. The van der Waals surface area contributed by atoms with Crippen molar-refractivity contribution in [3.05, 3.63) is 42.9 Å². The third-order valence-corrected chi connectivity index (χ3v) is 5.24. The number of furan rings is 1. The van der Waals surface area contributed by atoms with Gasteiger partial charge in [0.1, 0.15) is 0 Å². The molecule has 1 unspecified atom stereocenters. The van der Waals surface area contributed by atoms with E-state index in [9.17, 15) is 0 Å². The van der Waals surface area contributed by atoms with Gasteiger partial charge in [0.25, 0.3) is 0 Å². The Morgan fingerprint density at radius 2 is 2.13 bits per heavy atom. The van der Waals surface area contributed by atoms with Gasteiger partial charge in [-0.2, -0.15) is 0 Å². The van der Waals surface area contributed by atoms with Crippen LogP contribution in [0, 0.1) is 6.92 Å². The Hall–Kier alpha value is 0.230. The molecule has 0 amide bonds. The van der Waals surface area contributed by atoms with Crippen LogP contribution in [0.5, 0.6) is 0 Å². The fraction of sp³-hybridized carbons (Fsp3) is 0.200. The molecule has 2 aromatic rings. The highest BCUT2D eigenvalue weighted by molar-refractivity contribution is 9.10. The summed E-state index contributed by atoms with van der Waals surface area (Å²) in [4.78, 5) is 2.35. The Bertz CT molecular complexity index is 458. The van der Waals surface area contributed by atoms with Gasteiger partial charge in [0, 0.05) is 19.8 Å². The third-order valence-electron chi connectivity index (χ3n) is 2.01. The first-order chi connectivity index (χ1) is 7.08. The van der Waals surface area contributed by atoms with Crippen LogP contribution >= 0.6 is 54.8 Å². The lowest BCUT2D eigenvalue weighted by Gasteiger charge is -2.02. The second-order valence-electron chi connectivity index (χ2n) is 3.10. The van der Waals surface area contributed by atoms with Crippen LogP contribution in [0.4, 0.5) is 0 Å². The third kappa shape index (κ3) is 2.49. The topological polar surface area (TPSA) is 13.1 Å². The zero-order valence-electron chi connectivity index (χ0n) is 7.76. The Balaban J connectivity index is 2.31. The molecule has 0 aliphatic carbocycles. The van der Waals surface area contributed by atoms with Crippen LogP contribution < -0.4 is 0 Å². The van der Waals surface area contributed by atoms with Gasteiger partial charge >= 0.3 is 0 Å². The van der Waals surface area contributed by atoms with Gasteiger partial charge in [-0.3, -0.25) is 0 Å². The van der Waals surface area contributed by atoms with Crippen LogP contribution in [0.15, 0.2) is 32.0 Å². The molecule has 0 aromatic carbocycles. The maximum absolute atomic E-state index is 6.34. The molecule has 0 N–H and O–H groups in total. The highest BCUT2D eigenvalue weighted by Crippen LogP contribution is 2.38. The minimum atomic E-state index is -0.143. The van der Waals surface area contributed by atoms with Crippen molar-refractivity contribution in [2.24, 2.45) is 0 Å². The average Bonchev–Trinajstić information content (AvgIpc) is 2.74. The maximum atomic E-state index is 6.34. The lowest BCUT2D eigenvalue weighted by molar-refractivity contribution is 0.539. The quantitative estimate of drug-likeness (QED) is 0.636. The molecule has 1 atom stereocenters. The number of thiophene rings is 1. The van der Waals surface area contributed by atoms with Crippen LogP contribution in [0.3, 0.4) is 0 Å². The normalized spacial score (nSPS) is 13.1. The second kappa shape index (κ2) is 4.62. The van der Waals surface area contributed by atoms with Crippen LogP contribution in [0.2, 0.25) is 0 Å². The molecule has 5 heteroatoms. The SMILES string of the molecule is Cc1sc(C(Cl)c2coc(Br)c2)cc1Br. The van der Waals surface area contributed by atoms with E-state index in [0.29, 0.717) is 4.67 Å². The first-order valence-electron chi connectivity index (χ1n) is 4.21. The van der Waals surface area contributed by atoms with E-state index in [-0.39, 0.29) is 5.38 Å². The van der Waals surface area contributed by atoms with Crippen molar-refractivity contribution in [2.75, 3.05) is 0 Å². The number of halogens is 3. The fourth-order valence-corrected chi connectivity index (χ4v) is 3.46. The molecule has 0 fully saturated rings. The van der Waals surface area contributed by atoms with E-state index in [1.54, 1.807) is 17.6 Å². The van der Waals surface area contributed by atoms with Gasteiger partial charge in [-0.1, -0.05) is 0 Å². The lowest BCUT2D eigenvalue weighted by atomic mass is 10.2. The lowest BCUT2D eigenvalue weighted by Crippen LogP contribution is -1.85. The zero-order chi connectivity index (χ0) is 11.0. The molecule has 1 nitrogen and oxygen atoms in total. The number of rotatable bonds is 2. The van der Waals surface area contributed by atoms with Crippen molar-refractivity contribution >= 4 is 54.8 Å². The first kappa shape index (κ1) is 11.7. The molecule has 0 saturated heterocycles. The molecule has 0 aliphatic rings. The molecule has 2 aromatic heterocycles. The summed E-state index contributed by atoms with van der Waals surface area (Å²) >= 11 is 14.8.